The van der Waals surface area contributed by atoms with Crippen LogP contribution in [0, 0.1) is 0 Å². The molecule has 2 aliphatic heterocycles. The Bertz CT molecular complexity index is 643. The van der Waals surface area contributed by atoms with E-state index in [0.29, 0.717) is 0 Å². The summed E-state index contributed by atoms with van der Waals surface area (Å²) in [5.74, 6) is 1.22. The van der Waals surface area contributed by atoms with E-state index in [-0.39, 0.29) is 23.6 Å². The minimum atomic E-state index is -2.91. The number of sulfone groups is 1. The summed E-state index contributed by atoms with van der Waals surface area (Å²) in [4.78, 5) is 6.57. The van der Waals surface area contributed by atoms with Crippen molar-refractivity contribution in [2.75, 3.05) is 18.6 Å². The molecular weight excluding hydrogens is 316 g/mol. The Kier molecular flexibility index (Phi) is 3.73. The Balaban J connectivity index is 1.66. The zero-order valence-electron chi connectivity index (χ0n) is 11.0. The monoisotopic (exact) mass is 330 g/mol. The molecule has 0 aliphatic carbocycles. The van der Waals surface area contributed by atoms with Crippen molar-refractivity contribution in [3.63, 3.8) is 0 Å². The van der Waals surface area contributed by atoms with E-state index >= 15 is 0 Å². The molecule has 1 saturated heterocycles. The molecule has 20 heavy (non-hydrogen) atoms. The highest BCUT2D eigenvalue weighted by Gasteiger charge is 2.44. The molecular formula is C13H15ClN2O2S2. The van der Waals surface area contributed by atoms with Gasteiger partial charge in [-0.25, -0.2) is 8.42 Å². The van der Waals surface area contributed by atoms with Gasteiger partial charge in [0, 0.05) is 17.8 Å². The number of amidine groups is 1. The maximum Gasteiger partial charge on any atom is 0.159 e. The summed E-state index contributed by atoms with van der Waals surface area (Å²) in [6, 6.07) is 7.68. The first-order chi connectivity index (χ1) is 9.44. The Morgan fingerprint density at radius 2 is 2.05 bits per heavy atom. The Morgan fingerprint density at radius 1 is 1.35 bits per heavy atom. The number of hydrogen-bond donors (Lipinski definition) is 0. The molecule has 0 radical (unpaired) electrons. The molecule has 3 rings (SSSR count). The van der Waals surface area contributed by atoms with Crippen molar-refractivity contribution < 1.29 is 8.42 Å². The van der Waals surface area contributed by atoms with Gasteiger partial charge in [-0.05, 0) is 17.7 Å². The average molecular weight is 331 g/mol. The first kappa shape index (κ1) is 14.2. The van der Waals surface area contributed by atoms with Crippen molar-refractivity contribution >= 4 is 38.4 Å². The molecule has 2 unspecified atom stereocenters. The standard InChI is InChI=1S/C13H15ClN2O2S2/c1-16-12-8-20(17,18)7-11(12)15-13(16)19-6-9-2-4-10(14)5-3-9/h2-5,11-12H,6-8H2,1H3. The van der Waals surface area contributed by atoms with Crippen molar-refractivity contribution in [3.05, 3.63) is 34.9 Å². The lowest BCUT2D eigenvalue weighted by molar-refractivity contribution is 0.410. The fourth-order valence-corrected chi connectivity index (χ4v) is 5.63. The first-order valence-electron chi connectivity index (χ1n) is 6.33. The summed E-state index contributed by atoms with van der Waals surface area (Å²) >= 11 is 7.50. The molecule has 0 N–H and O–H groups in total. The van der Waals surface area contributed by atoms with E-state index in [1.165, 1.54) is 5.56 Å². The third kappa shape index (κ3) is 2.82. The number of nitrogens with zero attached hydrogens (tertiary/aromatic N) is 2. The second kappa shape index (κ2) is 5.24. The van der Waals surface area contributed by atoms with Crippen LogP contribution >= 0.6 is 23.4 Å². The molecule has 108 valence electrons. The lowest BCUT2D eigenvalue weighted by atomic mass is 10.2. The summed E-state index contributed by atoms with van der Waals surface area (Å²) < 4.78 is 23.2. The smallest absolute Gasteiger partial charge is 0.159 e. The zero-order chi connectivity index (χ0) is 14.3. The van der Waals surface area contributed by atoms with Gasteiger partial charge in [0.15, 0.2) is 15.0 Å². The molecule has 0 spiro atoms. The highest BCUT2D eigenvalue weighted by atomic mass is 35.5. The van der Waals surface area contributed by atoms with Crippen molar-refractivity contribution in [2.45, 2.75) is 17.8 Å². The molecule has 0 amide bonds. The van der Waals surface area contributed by atoms with Crippen LogP contribution in [0.2, 0.25) is 5.02 Å². The van der Waals surface area contributed by atoms with E-state index in [2.05, 4.69) is 4.99 Å². The number of fused-ring (bicyclic) bond motifs is 1. The fourth-order valence-electron chi connectivity index (χ4n) is 2.55. The summed E-state index contributed by atoms with van der Waals surface area (Å²) in [5, 5.41) is 1.67. The molecule has 2 heterocycles. The van der Waals surface area contributed by atoms with Crippen LogP contribution in [0.4, 0.5) is 0 Å². The molecule has 7 heteroatoms. The number of halogens is 1. The predicted octanol–water partition coefficient (Wildman–Crippen LogP) is 2.04. The Labute approximate surface area is 128 Å². The van der Waals surface area contributed by atoms with Crippen molar-refractivity contribution in [2.24, 2.45) is 4.99 Å². The van der Waals surface area contributed by atoms with Crippen LogP contribution in [0.25, 0.3) is 0 Å². The number of benzene rings is 1. The molecule has 0 aromatic heterocycles. The van der Waals surface area contributed by atoms with E-state index in [1.807, 2.05) is 36.2 Å². The highest BCUT2D eigenvalue weighted by molar-refractivity contribution is 8.13. The van der Waals surface area contributed by atoms with Crippen LogP contribution in [0.5, 0.6) is 0 Å². The average Bonchev–Trinajstić information content (AvgIpc) is 2.83. The summed E-state index contributed by atoms with van der Waals surface area (Å²) in [6.07, 6.45) is 0. The van der Waals surface area contributed by atoms with Crippen molar-refractivity contribution in [1.82, 2.24) is 4.90 Å². The van der Waals surface area contributed by atoms with Gasteiger partial charge in [-0.2, -0.15) is 0 Å². The molecule has 2 atom stereocenters. The van der Waals surface area contributed by atoms with Gasteiger partial charge < -0.3 is 4.90 Å². The lowest BCUT2D eigenvalue weighted by Gasteiger charge is -2.20. The molecule has 1 aromatic rings. The van der Waals surface area contributed by atoms with Gasteiger partial charge in [0.1, 0.15) is 0 Å². The topological polar surface area (TPSA) is 49.7 Å². The Hall–Kier alpha value is -0.720. The predicted molar refractivity (Wildman–Crippen MR) is 84.2 cm³/mol. The van der Waals surface area contributed by atoms with Crippen LogP contribution in [0.3, 0.4) is 0 Å². The van der Waals surface area contributed by atoms with Crippen LogP contribution in [-0.4, -0.2) is 49.1 Å². The lowest BCUT2D eigenvalue weighted by Crippen LogP contribution is -2.35. The quantitative estimate of drug-likeness (QED) is 0.832. The summed E-state index contributed by atoms with van der Waals surface area (Å²) in [6.45, 7) is 0. The number of likely N-dealkylation sites (N-methyl/N-ethyl adjacent to an activating group) is 1. The molecule has 0 saturated carbocycles. The van der Waals surface area contributed by atoms with Gasteiger partial charge in [0.05, 0.1) is 23.6 Å². The molecule has 4 nitrogen and oxygen atoms in total. The van der Waals surface area contributed by atoms with E-state index in [1.54, 1.807) is 11.8 Å². The first-order valence-corrected chi connectivity index (χ1v) is 9.51. The van der Waals surface area contributed by atoms with Gasteiger partial charge >= 0.3 is 0 Å². The third-order valence-corrected chi connectivity index (χ3v) is 6.73. The minimum absolute atomic E-state index is 0.0210. The van der Waals surface area contributed by atoms with E-state index in [9.17, 15) is 8.42 Å². The van der Waals surface area contributed by atoms with Crippen molar-refractivity contribution in [3.8, 4) is 0 Å². The van der Waals surface area contributed by atoms with Gasteiger partial charge in [0.2, 0.25) is 0 Å². The summed E-state index contributed by atoms with van der Waals surface area (Å²) in [5.41, 5.74) is 1.18. The summed E-state index contributed by atoms with van der Waals surface area (Å²) in [7, 11) is -0.977. The van der Waals surface area contributed by atoms with Crippen LogP contribution in [0.1, 0.15) is 5.56 Å². The van der Waals surface area contributed by atoms with Gasteiger partial charge in [-0.3, -0.25) is 4.99 Å². The molecule has 1 aromatic carbocycles. The molecule has 0 bridgehead atoms. The third-order valence-electron chi connectivity index (χ3n) is 3.65. The van der Waals surface area contributed by atoms with Gasteiger partial charge in [-0.1, -0.05) is 35.5 Å². The highest BCUT2D eigenvalue weighted by Crippen LogP contribution is 2.30. The Morgan fingerprint density at radius 3 is 2.70 bits per heavy atom. The second-order valence-electron chi connectivity index (χ2n) is 5.15. The molecule has 1 fully saturated rings. The normalized spacial score (nSPS) is 27.5. The maximum atomic E-state index is 11.6. The van der Waals surface area contributed by atoms with Crippen LogP contribution < -0.4 is 0 Å². The molecule has 2 aliphatic rings. The van der Waals surface area contributed by atoms with E-state index in [4.69, 9.17) is 11.6 Å². The van der Waals surface area contributed by atoms with Crippen LogP contribution in [0.15, 0.2) is 29.3 Å². The largest absolute Gasteiger partial charge is 0.348 e. The number of hydrogen-bond acceptors (Lipinski definition) is 5. The zero-order valence-corrected chi connectivity index (χ0v) is 13.4. The number of aliphatic imine (C=N–C) groups is 1. The van der Waals surface area contributed by atoms with E-state index in [0.717, 1.165) is 15.9 Å². The number of rotatable bonds is 2. The maximum absolute atomic E-state index is 11.6. The van der Waals surface area contributed by atoms with Crippen molar-refractivity contribution in [1.29, 1.82) is 0 Å². The van der Waals surface area contributed by atoms with Gasteiger partial charge in [-0.15, -0.1) is 0 Å². The van der Waals surface area contributed by atoms with E-state index < -0.39 is 9.84 Å². The fraction of sp³-hybridized carbons (Fsp3) is 0.462. The number of thioether (sulfide) groups is 1. The minimum Gasteiger partial charge on any atom is -0.348 e. The van der Waals surface area contributed by atoms with Crippen LogP contribution in [-0.2, 0) is 15.6 Å². The second-order valence-corrected chi connectivity index (χ2v) is 8.68. The SMILES string of the molecule is CN1C(SCc2ccc(Cl)cc2)=NC2CS(=O)(=O)CC21. The van der Waals surface area contributed by atoms with Gasteiger partial charge in [0.25, 0.3) is 0 Å².